The molecule has 1 aromatic heterocycles. The van der Waals surface area contributed by atoms with E-state index >= 15 is 0 Å². The number of carbonyl (C=O) groups is 4. The minimum absolute atomic E-state index is 0.0289. The Morgan fingerprint density at radius 3 is 1.41 bits per heavy atom. The number of aromatic nitrogens is 2. The Bertz CT molecular complexity index is 1480. The maximum atomic E-state index is 13.8. The van der Waals surface area contributed by atoms with Gasteiger partial charge in [0.25, 0.3) is 0 Å². The number of anilines is 2. The van der Waals surface area contributed by atoms with Gasteiger partial charge in [-0.1, -0.05) is 0 Å². The van der Waals surface area contributed by atoms with Gasteiger partial charge in [-0.3, -0.25) is 0 Å². The molecule has 0 saturated carbocycles. The summed E-state index contributed by atoms with van der Waals surface area (Å²) in [4.78, 5) is 64.6. The fourth-order valence-electron chi connectivity index (χ4n) is 4.10. The fourth-order valence-corrected chi connectivity index (χ4v) is 4.10. The SMILES string of the molecule is [CH2]CCOc1c(OC)cc(Cc2cnc(N(C(=O)OC(C)(C)C)C(=O)OC(C)(C)C)nc2N(C(=O)OC(C)(C)C)C(=O)OC(C)(C)C)cc1OC. The lowest BCUT2D eigenvalue weighted by atomic mass is 10.0. The lowest BCUT2D eigenvalue weighted by Gasteiger charge is -2.30. The number of methoxy groups -OCH3 is 2. The van der Waals surface area contributed by atoms with Crippen molar-refractivity contribution >= 4 is 36.1 Å². The van der Waals surface area contributed by atoms with Gasteiger partial charge in [-0.15, -0.1) is 4.90 Å². The molecule has 51 heavy (non-hydrogen) atoms. The van der Waals surface area contributed by atoms with Crippen molar-refractivity contribution in [2.75, 3.05) is 30.6 Å². The quantitative estimate of drug-likeness (QED) is 0.229. The molecule has 1 radical (unpaired) electrons. The van der Waals surface area contributed by atoms with Crippen molar-refractivity contribution < 1.29 is 52.3 Å². The molecular weight excluding hydrogens is 664 g/mol. The highest BCUT2D eigenvalue weighted by Gasteiger charge is 2.39. The van der Waals surface area contributed by atoms with E-state index in [1.807, 2.05) is 0 Å². The van der Waals surface area contributed by atoms with Gasteiger partial charge in [0, 0.05) is 18.2 Å². The molecule has 0 N–H and O–H groups in total. The predicted octanol–water partition coefficient (Wildman–Crippen LogP) is 8.04. The van der Waals surface area contributed by atoms with Gasteiger partial charge >= 0.3 is 24.4 Å². The first kappa shape index (κ1) is 42.3. The molecule has 0 unspecified atom stereocenters. The van der Waals surface area contributed by atoms with Crippen LogP contribution in [-0.2, 0) is 25.4 Å². The monoisotopic (exact) mass is 717 g/mol. The molecule has 0 fully saturated rings. The first-order valence-corrected chi connectivity index (χ1v) is 16.3. The molecule has 0 saturated heterocycles. The molecule has 2 rings (SSSR count). The standard InChI is InChI=1S/C36H53N4O11/c1-16-17-47-26-24(45-14)19-22(20-25(26)46-15)18-23-21-37-28(40(31(43)50-35(8,9)10)32(44)51-36(11,12)13)38-27(23)39(29(41)48-33(2,3)4)30(42)49-34(5,6)7/h19-21H,1,16-18H2,2-15H3. The maximum absolute atomic E-state index is 13.8. The molecule has 283 valence electrons. The van der Waals surface area contributed by atoms with Crippen molar-refractivity contribution in [2.24, 2.45) is 0 Å². The lowest BCUT2D eigenvalue weighted by molar-refractivity contribution is 0.0410. The second-order valence-electron chi connectivity index (χ2n) is 15.3. The van der Waals surface area contributed by atoms with Crippen LogP contribution in [0, 0.1) is 6.92 Å². The van der Waals surface area contributed by atoms with Gasteiger partial charge in [0.15, 0.2) is 17.3 Å². The average molecular weight is 718 g/mol. The summed E-state index contributed by atoms with van der Waals surface area (Å²) >= 11 is 0. The van der Waals surface area contributed by atoms with E-state index < -0.39 is 52.7 Å². The Balaban J connectivity index is 2.98. The van der Waals surface area contributed by atoms with Gasteiger partial charge < -0.3 is 33.2 Å². The van der Waals surface area contributed by atoms with Gasteiger partial charge in [-0.2, -0.15) is 9.88 Å². The normalized spacial score (nSPS) is 12.0. The molecule has 0 aliphatic heterocycles. The molecule has 4 amide bonds. The van der Waals surface area contributed by atoms with Crippen LogP contribution < -0.4 is 24.0 Å². The Labute approximate surface area is 300 Å². The molecule has 0 aliphatic carbocycles. The van der Waals surface area contributed by atoms with E-state index in [2.05, 4.69) is 16.9 Å². The Morgan fingerprint density at radius 2 is 1.06 bits per heavy atom. The van der Waals surface area contributed by atoms with E-state index in [9.17, 15) is 19.2 Å². The zero-order chi connectivity index (χ0) is 39.1. The molecule has 1 aromatic carbocycles. The molecule has 15 heteroatoms. The third kappa shape index (κ3) is 13.1. The zero-order valence-electron chi connectivity index (χ0n) is 32.3. The van der Waals surface area contributed by atoms with Crippen LogP contribution in [0.15, 0.2) is 18.3 Å². The Kier molecular flexibility index (Phi) is 13.7. The third-order valence-corrected chi connectivity index (χ3v) is 5.85. The van der Waals surface area contributed by atoms with Crippen LogP contribution in [0.25, 0.3) is 0 Å². The van der Waals surface area contributed by atoms with Gasteiger partial charge in [0.1, 0.15) is 22.4 Å². The van der Waals surface area contributed by atoms with Crippen LogP contribution in [0.1, 0.15) is 101 Å². The topological polar surface area (TPSA) is 165 Å². The van der Waals surface area contributed by atoms with Gasteiger partial charge in [-0.05, 0) is 114 Å². The van der Waals surface area contributed by atoms with Crippen LogP contribution in [0.3, 0.4) is 0 Å². The summed E-state index contributed by atoms with van der Waals surface area (Å²) in [6.45, 7) is 23.5. The van der Waals surface area contributed by atoms with Gasteiger partial charge in [0.2, 0.25) is 11.7 Å². The third-order valence-electron chi connectivity index (χ3n) is 5.85. The van der Waals surface area contributed by atoms with E-state index in [0.29, 0.717) is 45.6 Å². The number of hydrogen-bond acceptors (Lipinski definition) is 13. The maximum Gasteiger partial charge on any atom is 0.427 e. The zero-order valence-corrected chi connectivity index (χ0v) is 32.3. The Morgan fingerprint density at radius 1 is 0.667 bits per heavy atom. The van der Waals surface area contributed by atoms with Crippen molar-refractivity contribution in [1.29, 1.82) is 0 Å². The number of imide groups is 2. The largest absolute Gasteiger partial charge is 0.493 e. The van der Waals surface area contributed by atoms with Crippen molar-refractivity contribution in [2.45, 2.75) is 118 Å². The number of benzene rings is 1. The first-order valence-electron chi connectivity index (χ1n) is 16.3. The van der Waals surface area contributed by atoms with Crippen molar-refractivity contribution in [3.63, 3.8) is 0 Å². The van der Waals surface area contributed by atoms with Crippen molar-refractivity contribution in [3.05, 3.63) is 36.4 Å². The van der Waals surface area contributed by atoms with Crippen LogP contribution in [0.2, 0.25) is 0 Å². The van der Waals surface area contributed by atoms with Crippen LogP contribution >= 0.6 is 0 Å². The highest BCUT2D eigenvalue weighted by Crippen LogP contribution is 2.40. The van der Waals surface area contributed by atoms with Crippen LogP contribution in [-0.4, -0.2) is 77.6 Å². The number of hydrogen-bond donors (Lipinski definition) is 0. The second kappa shape index (κ2) is 16.5. The lowest BCUT2D eigenvalue weighted by Crippen LogP contribution is -2.46. The average Bonchev–Trinajstić information content (AvgIpc) is 2.93. The molecule has 0 bridgehead atoms. The van der Waals surface area contributed by atoms with Gasteiger partial charge in [-0.25, -0.2) is 24.2 Å². The summed E-state index contributed by atoms with van der Waals surface area (Å²) in [5.41, 5.74) is -3.46. The molecule has 2 aromatic rings. The molecular formula is C36H53N4O11. The molecule has 0 atom stereocenters. The summed E-state index contributed by atoms with van der Waals surface area (Å²) in [6.07, 6.45) is -2.89. The number of rotatable bonds is 9. The molecule has 0 aliphatic rings. The van der Waals surface area contributed by atoms with E-state index in [1.54, 1.807) is 95.2 Å². The van der Waals surface area contributed by atoms with E-state index in [1.165, 1.54) is 20.4 Å². The van der Waals surface area contributed by atoms with E-state index in [-0.39, 0.29) is 17.8 Å². The van der Waals surface area contributed by atoms with Crippen molar-refractivity contribution in [1.82, 2.24) is 9.97 Å². The number of amides is 4. The highest BCUT2D eigenvalue weighted by atomic mass is 16.6. The minimum Gasteiger partial charge on any atom is -0.493 e. The first-order chi connectivity index (χ1) is 23.3. The van der Waals surface area contributed by atoms with Crippen LogP contribution in [0.5, 0.6) is 17.2 Å². The van der Waals surface area contributed by atoms with E-state index in [0.717, 1.165) is 0 Å². The minimum atomic E-state index is -1.16. The van der Waals surface area contributed by atoms with Crippen molar-refractivity contribution in [3.8, 4) is 17.2 Å². The number of ether oxygens (including phenoxy) is 7. The van der Waals surface area contributed by atoms with Crippen LogP contribution in [0.4, 0.5) is 30.9 Å². The predicted molar refractivity (Wildman–Crippen MR) is 190 cm³/mol. The summed E-state index contributed by atoms with van der Waals surface area (Å²) in [6, 6.07) is 3.36. The molecule has 15 nitrogen and oxygen atoms in total. The second-order valence-corrected chi connectivity index (χ2v) is 15.3. The highest BCUT2D eigenvalue weighted by molar-refractivity contribution is 6.11. The fraction of sp³-hybridized carbons (Fsp3) is 0.583. The summed E-state index contributed by atoms with van der Waals surface area (Å²) in [5, 5.41) is 0. The van der Waals surface area contributed by atoms with E-state index in [4.69, 9.17) is 33.2 Å². The molecule has 1 heterocycles. The van der Waals surface area contributed by atoms with Gasteiger partial charge in [0.05, 0.1) is 20.8 Å². The number of nitrogens with zero attached hydrogens (tertiary/aromatic N) is 4. The smallest absolute Gasteiger partial charge is 0.427 e. The summed E-state index contributed by atoms with van der Waals surface area (Å²) in [7, 11) is 2.93. The number of carbonyl (C=O) groups excluding carboxylic acids is 4. The summed E-state index contributed by atoms with van der Waals surface area (Å²) < 4.78 is 39.2. The summed E-state index contributed by atoms with van der Waals surface area (Å²) in [5.74, 6) is 0.134. The Hall–Kier alpha value is -4.82. The molecule has 0 spiro atoms.